The third kappa shape index (κ3) is 3.88. The van der Waals surface area contributed by atoms with Gasteiger partial charge in [0.25, 0.3) is 0 Å². The second kappa shape index (κ2) is 8.36. The van der Waals surface area contributed by atoms with Crippen molar-refractivity contribution in [1.82, 2.24) is 4.98 Å². The molecule has 0 saturated heterocycles. The molecule has 0 saturated carbocycles. The quantitative estimate of drug-likeness (QED) is 0.320. The van der Waals surface area contributed by atoms with Crippen LogP contribution in [0.3, 0.4) is 0 Å². The van der Waals surface area contributed by atoms with E-state index < -0.39 is 5.63 Å². The van der Waals surface area contributed by atoms with Crippen LogP contribution in [0, 0.1) is 11.3 Å². The van der Waals surface area contributed by atoms with E-state index in [1.165, 1.54) is 16.9 Å². The van der Waals surface area contributed by atoms with Crippen molar-refractivity contribution >= 4 is 33.6 Å². The Balaban J connectivity index is 1.66. The highest BCUT2D eigenvalue weighted by Crippen LogP contribution is 2.28. The van der Waals surface area contributed by atoms with Crippen LogP contribution in [-0.2, 0) is 0 Å². The number of anilines is 1. The molecule has 0 amide bonds. The Labute approximate surface area is 177 Å². The molecule has 0 bridgehead atoms. The molecule has 0 fully saturated rings. The number of hydrogen-bond acceptors (Lipinski definition) is 6. The van der Waals surface area contributed by atoms with E-state index in [0.717, 1.165) is 11.1 Å². The van der Waals surface area contributed by atoms with Crippen LogP contribution in [0.5, 0.6) is 0 Å². The van der Waals surface area contributed by atoms with Crippen LogP contribution in [0.25, 0.3) is 27.8 Å². The first-order chi connectivity index (χ1) is 14.6. The van der Waals surface area contributed by atoms with Gasteiger partial charge in [-0.2, -0.15) is 5.26 Å². The maximum Gasteiger partial charge on any atom is 0.345 e. The SMILES string of the molecule is CC(C)c1ccccc1N/C=C(\C#N)c1nc(-c2cc3ccccc3oc2=O)cs1. The molecular weight excluding hydrogens is 394 g/mol. The fraction of sp³-hybridized carbons (Fsp3) is 0.125. The van der Waals surface area contributed by atoms with E-state index in [4.69, 9.17) is 4.42 Å². The number of thiazole rings is 1. The number of para-hydroxylation sites is 2. The van der Waals surface area contributed by atoms with E-state index in [1.54, 1.807) is 23.7 Å². The summed E-state index contributed by atoms with van der Waals surface area (Å²) in [5.41, 5.74) is 3.48. The molecule has 30 heavy (non-hydrogen) atoms. The molecule has 0 radical (unpaired) electrons. The normalized spacial score (nSPS) is 11.6. The summed E-state index contributed by atoms with van der Waals surface area (Å²) in [6, 6.07) is 19.3. The Morgan fingerprint density at radius 2 is 1.97 bits per heavy atom. The van der Waals surface area contributed by atoms with Gasteiger partial charge in [0.2, 0.25) is 0 Å². The van der Waals surface area contributed by atoms with E-state index in [-0.39, 0.29) is 0 Å². The van der Waals surface area contributed by atoms with Crippen LogP contribution in [0.4, 0.5) is 5.69 Å². The van der Waals surface area contributed by atoms with Crippen molar-refractivity contribution in [3.05, 3.63) is 87.2 Å². The highest BCUT2D eigenvalue weighted by atomic mass is 32.1. The van der Waals surface area contributed by atoms with Crippen molar-refractivity contribution < 1.29 is 4.42 Å². The summed E-state index contributed by atoms with van der Waals surface area (Å²) in [6.07, 6.45) is 1.66. The van der Waals surface area contributed by atoms with Crippen LogP contribution in [0.2, 0.25) is 0 Å². The van der Waals surface area contributed by atoms with Crippen molar-refractivity contribution in [3.63, 3.8) is 0 Å². The lowest BCUT2D eigenvalue weighted by Crippen LogP contribution is -2.03. The van der Waals surface area contributed by atoms with Crippen molar-refractivity contribution in [1.29, 1.82) is 5.26 Å². The van der Waals surface area contributed by atoms with Gasteiger partial charge in [0.1, 0.15) is 22.2 Å². The molecule has 5 nitrogen and oxygen atoms in total. The Kier molecular flexibility index (Phi) is 5.46. The summed E-state index contributed by atoms with van der Waals surface area (Å²) in [7, 11) is 0. The van der Waals surface area contributed by atoms with Crippen LogP contribution in [0.1, 0.15) is 30.3 Å². The molecule has 4 rings (SSSR count). The smallest absolute Gasteiger partial charge is 0.345 e. The Bertz CT molecular complexity index is 1340. The topological polar surface area (TPSA) is 78.9 Å². The number of aromatic nitrogens is 1. The molecular formula is C24H19N3O2S. The number of fused-ring (bicyclic) bond motifs is 1. The van der Waals surface area contributed by atoms with Gasteiger partial charge in [0.15, 0.2) is 0 Å². The van der Waals surface area contributed by atoms with Gasteiger partial charge < -0.3 is 9.73 Å². The van der Waals surface area contributed by atoms with Gasteiger partial charge >= 0.3 is 5.63 Å². The molecule has 0 unspecified atom stereocenters. The number of allylic oxidation sites excluding steroid dienone is 1. The molecule has 1 N–H and O–H groups in total. The average molecular weight is 414 g/mol. The Morgan fingerprint density at radius 1 is 1.20 bits per heavy atom. The van der Waals surface area contributed by atoms with Crippen molar-refractivity contribution in [3.8, 4) is 17.3 Å². The molecule has 0 aliphatic heterocycles. The Morgan fingerprint density at radius 3 is 2.77 bits per heavy atom. The van der Waals surface area contributed by atoms with E-state index in [0.29, 0.717) is 33.3 Å². The zero-order chi connectivity index (χ0) is 21.1. The lowest BCUT2D eigenvalue weighted by Gasteiger charge is -2.12. The van der Waals surface area contributed by atoms with Crippen LogP contribution in [0.15, 0.2) is 75.4 Å². The molecule has 0 atom stereocenters. The van der Waals surface area contributed by atoms with Crippen LogP contribution in [-0.4, -0.2) is 4.98 Å². The first kappa shape index (κ1) is 19.6. The zero-order valence-electron chi connectivity index (χ0n) is 16.5. The van der Waals surface area contributed by atoms with Crippen LogP contribution >= 0.6 is 11.3 Å². The van der Waals surface area contributed by atoms with Gasteiger partial charge in [-0.3, -0.25) is 0 Å². The van der Waals surface area contributed by atoms with E-state index >= 15 is 0 Å². The van der Waals surface area contributed by atoms with Gasteiger partial charge in [0.05, 0.1) is 11.3 Å². The summed E-state index contributed by atoms with van der Waals surface area (Å²) in [6.45, 7) is 4.25. The molecule has 2 aromatic carbocycles. The predicted octanol–water partition coefficient (Wildman–Crippen LogP) is 6.02. The van der Waals surface area contributed by atoms with Gasteiger partial charge in [-0.1, -0.05) is 50.2 Å². The molecule has 2 aromatic heterocycles. The number of nitriles is 1. The van der Waals surface area contributed by atoms with Gasteiger partial charge in [0, 0.05) is 22.7 Å². The molecule has 148 valence electrons. The third-order valence-corrected chi connectivity index (χ3v) is 5.60. The van der Waals surface area contributed by atoms with E-state index in [1.807, 2.05) is 36.4 Å². The van der Waals surface area contributed by atoms with Gasteiger partial charge in [-0.05, 0) is 29.7 Å². The molecule has 0 aliphatic carbocycles. The largest absolute Gasteiger partial charge is 0.422 e. The fourth-order valence-electron chi connectivity index (χ4n) is 3.19. The average Bonchev–Trinajstić information content (AvgIpc) is 3.23. The number of rotatable bonds is 5. The molecule has 0 aliphatic rings. The minimum Gasteiger partial charge on any atom is -0.422 e. The highest BCUT2D eigenvalue weighted by Gasteiger charge is 2.14. The Hall–Kier alpha value is -3.69. The lowest BCUT2D eigenvalue weighted by atomic mass is 10.0. The van der Waals surface area contributed by atoms with E-state index in [9.17, 15) is 10.1 Å². The van der Waals surface area contributed by atoms with Gasteiger partial charge in [-0.15, -0.1) is 11.3 Å². The van der Waals surface area contributed by atoms with Crippen molar-refractivity contribution in [2.75, 3.05) is 5.32 Å². The van der Waals surface area contributed by atoms with Crippen molar-refractivity contribution in [2.24, 2.45) is 0 Å². The monoisotopic (exact) mass is 413 g/mol. The fourth-order valence-corrected chi connectivity index (χ4v) is 3.97. The molecule has 4 aromatic rings. The second-order valence-corrected chi connectivity index (χ2v) is 7.94. The summed E-state index contributed by atoms with van der Waals surface area (Å²) in [5, 5.41) is 16.0. The lowest BCUT2D eigenvalue weighted by molar-refractivity contribution is 0.563. The molecule has 6 heteroatoms. The minimum absolute atomic E-state index is 0.353. The summed E-state index contributed by atoms with van der Waals surface area (Å²) in [4.78, 5) is 16.9. The number of nitrogens with zero attached hydrogens (tertiary/aromatic N) is 2. The second-order valence-electron chi connectivity index (χ2n) is 7.08. The van der Waals surface area contributed by atoms with Crippen LogP contribution < -0.4 is 10.9 Å². The third-order valence-electron chi connectivity index (χ3n) is 4.73. The maximum absolute atomic E-state index is 12.4. The molecule has 2 heterocycles. The highest BCUT2D eigenvalue weighted by molar-refractivity contribution is 7.11. The van der Waals surface area contributed by atoms with Gasteiger partial charge in [-0.25, -0.2) is 9.78 Å². The summed E-state index contributed by atoms with van der Waals surface area (Å²) in [5.74, 6) is 0.353. The first-order valence-corrected chi connectivity index (χ1v) is 10.4. The number of hydrogen-bond donors (Lipinski definition) is 1. The predicted molar refractivity (Wildman–Crippen MR) is 121 cm³/mol. The minimum atomic E-state index is -0.447. The zero-order valence-corrected chi connectivity index (χ0v) is 17.4. The standard InChI is InChI=1S/C24H19N3O2S/c1-15(2)18-8-4-5-9-20(18)26-13-17(12-25)23-27-21(14-30-23)19-11-16-7-3-6-10-22(16)29-24(19)28/h3-11,13-15,26H,1-2H3/b17-13+. The van der Waals surface area contributed by atoms with Crippen molar-refractivity contribution in [2.45, 2.75) is 19.8 Å². The number of nitrogens with one attached hydrogen (secondary N) is 1. The summed E-state index contributed by atoms with van der Waals surface area (Å²) < 4.78 is 5.40. The number of benzene rings is 2. The molecule has 0 spiro atoms. The summed E-state index contributed by atoms with van der Waals surface area (Å²) >= 11 is 1.31. The first-order valence-electron chi connectivity index (χ1n) is 9.51. The maximum atomic E-state index is 12.4. The van der Waals surface area contributed by atoms with E-state index in [2.05, 4.69) is 36.3 Å².